The summed E-state index contributed by atoms with van der Waals surface area (Å²) in [5, 5.41) is 1.72. The van der Waals surface area contributed by atoms with Gasteiger partial charge in [-0.05, 0) is 12.1 Å². The molecule has 0 aliphatic carbocycles. The van der Waals surface area contributed by atoms with E-state index in [1.165, 1.54) is 14.2 Å². The predicted molar refractivity (Wildman–Crippen MR) is 78.5 cm³/mol. The maximum Gasteiger partial charge on any atom is 0.339 e. The molecule has 0 amide bonds. The van der Waals surface area contributed by atoms with Crippen molar-refractivity contribution in [1.82, 2.24) is 4.98 Å². The molecule has 1 aromatic heterocycles. The van der Waals surface area contributed by atoms with Crippen molar-refractivity contribution in [2.24, 2.45) is 0 Å². The first-order valence-electron chi connectivity index (χ1n) is 6.37. The third-order valence-corrected chi connectivity index (χ3v) is 3.48. The molecule has 2 aromatic carbocycles. The number of para-hydroxylation sites is 2. The Labute approximate surface area is 120 Å². The standard InChI is InChI=1S/C16H13NO4/c1-20-15(18)11-7-3-5-9-10-6-4-8-12(16(19)21-2)14(10)17-13(9)11/h3-8,17H,1-2H3. The molecule has 0 unspecified atom stereocenters. The Bertz CT molecular complexity index is 793. The van der Waals surface area contributed by atoms with Gasteiger partial charge in [0, 0.05) is 10.8 Å². The molecule has 3 rings (SSSR count). The lowest BCUT2D eigenvalue weighted by Crippen LogP contribution is -2.02. The van der Waals surface area contributed by atoms with Crippen LogP contribution in [0.1, 0.15) is 20.7 Å². The monoisotopic (exact) mass is 283 g/mol. The van der Waals surface area contributed by atoms with E-state index in [4.69, 9.17) is 9.47 Å². The molecule has 21 heavy (non-hydrogen) atoms. The van der Waals surface area contributed by atoms with Gasteiger partial charge < -0.3 is 14.5 Å². The van der Waals surface area contributed by atoms with Gasteiger partial charge in [-0.3, -0.25) is 0 Å². The molecule has 5 nitrogen and oxygen atoms in total. The lowest BCUT2D eigenvalue weighted by atomic mass is 10.1. The smallest absolute Gasteiger partial charge is 0.339 e. The van der Waals surface area contributed by atoms with Crippen molar-refractivity contribution in [2.75, 3.05) is 14.2 Å². The summed E-state index contributed by atoms with van der Waals surface area (Å²) < 4.78 is 9.58. The Morgan fingerprint density at radius 2 is 1.24 bits per heavy atom. The number of methoxy groups -OCH3 is 2. The number of hydrogen-bond acceptors (Lipinski definition) is 4. The van der Waals surface area contributed by atoms with E-state index >= 15 is 0 Å². The molecule has 1 heterocycles. The Kier molecular flexibility index (Phi) is 3.10. The average molecular weight is 283 g/mol. The van der Waals surface area contributed by atoms with E-state index in [1.54, 1.807) is 24.3 Å². The largest absolute Gasteiger partial charge is 0.465 e. The van der Waals surface area contributed by atoms with E-state index in [0.717, 1.165) is 10.8 Å². The topological polar surface area (TPSA) is 68.4 Å². The minimum Gasteiger partial charge on any atom is -0.465 e. The predicted octanol–water partition coefficient (Wildman–Crippen LogP) is 2.89. The highest BCUT2D eigenvalue weighted by atomic mass is 16.5. The third-order valence-electron chi connectivity index (χ3n) is 3.48. The highest BCUT2D eigenvalue weighted by Gasteiger charge is 2.17. The van der Waals surface area contributed by atoms with Crippen LogP contribution < -0.4 is 0 Å². The number of hydrogen-bond donors (Lipinski definition) is 1. The number of esters is 2. The summed E-state index contributed by atoms with van der Waals surface area (Å²) in [5.41, 5.74) is 2.16. The lowest BCUT2D eigenvalue weighted by molar-refractivity contribution is 0.0594. The maximum atomic E-state index is 11.8. The number of ether oxygens (including phenoxy) is 2. The highest BCUT2D eigenvalue weighted by molar-refractivity contribution is 6.17. The molecule has 0 aliphatic rings. The zero-order chi connectivity index (χ0) is 15.0. The van der Waals surface area contributed by atoms with Crippen LogP contribution in [0.5, 0.6) is 0 Å². The van der Waals surface area contributed by atoms with Gasteiger partial charge in [-0.15, -0.1) is 0 Å². The first-order chi connectivity index (χ1) is 10.2. The van der Waals surface area contributed by atoms with Crippen LogP contribution in [-0.4, -0.2) is 31.1 Å². The quantitative estimate of drug-likeness (QED) is 0.734. The fourth-order valence-corrected chi connectivity index (χ4v) is 2.51. The highest BCUT2D eigenvalue weighted by Crippen LogP contribution is 2.30. The van der Waals surface area contributed by atoms with Gasteiger partial charge in [0.05, 0.1) is 36.4 Å². The number of aromatic nitrogens is 1. The maximum absolute atomic E-state index is 11.8. The molecule has 5 heteroatoms. The SMILES string of the molecule is COC(=O)c1cccc2c1[nH]c1c(C(=O)OC)cccc12. The molecular weight excluding hydrogens is 270 g/mol. The average Bonchev–Trinajstić information content (AvgIpc) is 2.91. The summed E-state index contributed by atoms with van der Waals surface area (Å²) in [6.07, 6.45) is 0. The van der Waals surface area contributed by atoms with Gasteiger partial charge in [0.15, 0.2) is 0 Å². The summed E-state index contributed by atoms with van der Waals surface area (Å²) in [7, 11) is 2.67. The van der Waals surface area contributed by atoms with Crippen LogP contribution in [0.2, 0.25) is 0 Å². The minimum absolute atomic E-state index is 0.424. The molecule has 3 aromatic rings. The van der Waals surface area contributed by atoms with Crippen LogP contribution in [0.3, 0.4) is 0 Å². The zero-order valence-electron chi connectivity index (χ0n) is 11.6. The van der Waals surface area contributed by atoms with Crippen LogP contribution in [-0.2, 0) is 9.47 Å². The third kappa shape index (κ3) is 1.94. The molecular formula is C16H13NO4. The van der Waals surface area contributed by atoms with Crippen LogP contribution >= 0.6 is 0 Å². The molecule has 0 fully saturated rings. The van der Waals surface area contributed by atoms with Crippen LogP contribution in [0.15, 0.2) is 36.4 Å². The van der Waals surface area contributed by atoms with Gasteiger partial charge in [0.1, 0.15) is 0 Å². The molecule has 0 aliphatic heterocycles. The number of rotatable bonds is 2. The van der Waals surface area contributed by atoms with Gasteiger partial charge in [-0.25, -0.2) is 9.59 Å². The van der Waals surface area contributed by atoms with Crippen molar-refractivity contribution >= 4 is 33.7 Å². The Morgan fingerprint density at radius 3 is 1.62 bits per heavy atom. The molecule has 0 saturated heterocycles. The molecule has 0 atom stereocenters. The fourth-order valence-electron chi connectivity index (χ4n) is 2.51. The van der Waals surface area contributed by atoms with E-state index in [9.17, 15) is 9.59 Å². The summed E-state index contributed by atoms with van der Waals surface area (Å²) in [5.74, 6) is -0.849. The summed E-state index contributed by atoms with van der Waals surface area (Å²) >= 11 is 0. The summed E-state index contributed by atoms with van der Waals surface area (Å²) in [6.45, 7) is 0. The normalized spacial score (nSPS) is 10.8. The number of aromatic amines is 1. The van der Waals surface area contributed by atoms with Crippen molar-refractivity contribution in [3.63, 3.8) is 0 Å². The van der Waals surface area contributed by atoms with Crippen LogP contribution in [0.25, 0.3) is 21.8 Å². The number of benzene rings is 2. The molecule has 0 spiro atoms. The van der Waals surface area contributed by atoms with Gasteiger partial charge in [-0.1, -0.05) is 24.3 Å². The van der Waals surface area contributed by atoms with E-state index < -0.39 is 11.9 Å². The Morgan fingerprint density at radius 1 is 0.810 bits per heavy atom. The lowest BCUT2D eigenvalue weighted by Gasteiger charge is -2.00. The second-order valence-corrected chi connectivity index (χ2v) is 4.56. The summed E-state index contributed by atoms with van der Waals surface area (Å²) in [6, 6.07) is 10.7. The van der Waals surface area contributed by atoms with Crippen LogP contribution in [0, 0.1) is 0 Å². The second-order valence-electron chi connectivity index (χ2n) is 4.56. The Hall–Kier alpha value is -2.82. The van der Waals surface area contributed by atoms with Crippen molar-refractivity contribution in [2.45, 2.75) is 0 Å². The van der Waals surface area contributed by atoms with Gasteiger partial charge in [0.25, 0.3) is 0 Å². The molecule has 0 saturated carbocycles. The second kappa shape index (κ2) is 4.94. The first-order valence-corrected chi connectivity index (χ1v) is 6.37. The zero-order valence-corrected chi connectivity index (χ0v) is 11.6. The molecule has 0 bridgehead atoms. The fraction of sp³-hybridized carbons (Fsp3) is 0.125. The van der Waals surface area contributed by atoms with E-state index in [0.29, 0.717) is 22.2 Å². The van der Waals surface area contributed by atoms with E-state index in [1.807, 2.05) is 12.1 Å². The molecule has 0 radical (unpaired) electrons. The van der Waals surface area contributed by atoms with E-state index in [2.05, 4.69) is 4.98 Å². The van der Waals surface area contributed by atoms with Crippen LogP contribution in [0.4, 0.5) is 0 Å². The number of H-pyrrole nitrogens is 1. The number of nitrogens with one attached hydrogen (secondary N) is 1. The van der Waals surface area contributed by atoms with Gasteiger partial charge >= 0.3 is 11.9 Å². The van der Waals surface area contributed by atoms with Gasteiger partial charge in [0.2, 0.25) is 0 Å². The summed E-state index contributed by atoms with van der Waals surface area (Å²) in [4.78, 5) is 26.8. The van der Waals surface area contributed by atoms with Crippen molar-refractivity contribution < 1.29 is 19.1 Å². The van der Waals surface area contributed by atoms with Crippen molar-refractivity contribution in [3.05, 3.63) is 47.5 Å². The van der Waals surface area contributed by atoms with Crippen molar-refractivity contribution in [3.8, 4) is 0 Å². The van der Waals surface area contributed by atoms with E-state index in [-0.39, 0.29) is 0 Å². The van der Waals surface area contributed by atoms with Gasteiger partial charge in [-0.2, -0.15) is 0 Å². The Balaban J connectivity index is 2.39. The minimum atomic E-state index is -0.424. The number of fused-ring (bicyclic) bond motifs is 3. The van der Waals surface area contributed by atoms with Crippen molar-refractivity contribution in [1.29, 1.82) is 0 Å². The number of carbonyl (C=O) groups excluding carboxylic acids is 2. The first kappa shape index (κ1) is 13.2. The molecule has 106 valence electrons. The molecule has 1 N–H and O–H groups in total. The number of carbonyl (C=O) groups is 2.